The van der Waals surface area contributed by atoms with Crippen LogP contribution in [0.15, 0.2) is 17.4 Å². The predicted molar refractivity (Wildman–Crippen MR) is 64.2 cm³/mol. The fraction of sp³-hybridized carbons (Fsp3) is 0.600. The molecule has 2 heterocycles. The van der Waals surface area contributed by atoms with Crippen LogP contribution in [0.1, 0.15) is 12.8 Å². The Morgan fingerprint density at radius 3 is 2.75 bits per heavy atom. The SMILES string of the molecule is Nc1nccnc1SCC1(O)CCNCC1. The van der Waals surface area contributed by atoms with Crippen molar-refractivity contribution in [2.24, 2.45) is 0 Å². The largest absolute Gasteiger partial charge is 0.389 e. The lowest BCUT2D eigenvalue weighted by atomic mass is 9.95. The van der Waals surface area contributed by atoms with Gasteiger partial charge in [-0.2, -0.15) is 0 Å². The summed E-state index contributed by atoms with van der Waals surface area (Å²) in [6, 6.07) is 0. The van der Waals surface area contributed by atoms with Crippen LogP contribution in [-0.2, 0) is 0 Å². The van der Waals surface area contributed by atoms with Gasteiger partial charge < -0.3 is 16.2 Å². The van der Waals surface area contributed by atoms with Crippen molar-refractivity contribution in [3.63, 3.8) is 0 Å². The van der Waals surface area contributed by atoms with E-state index in [0.29, 0.717) is 16.6 Å². The van der Waals surface area contributed by atoms with Gasteiger partial charge in [0.1, 0.15) is 5.03 Å². The molecule has 0 spiro atoms. The summed E-state index contributed by atoms with van der Waals surface area (Å²) in [6.07, 6.45) is 4.74. The first-order valence-corrected chi connectivity index (χ1v) is 6.31. The van der Waals surface area contributed by atoms with Gasteiger partial charge in [-0.15, -0.1) is 0 Å². The van der Waals surface area contributed by atoms with Crippen LogP contribution < -0.4 is 11.1 Å². The Morgan fingerprint density at radius 2 is 2.06 bits per heavy atom. The molecule has 1 aliphatic rings. The molecule has 0 unspecified atom stereocenters. The Morgan fingerprint density at radius 1 is 1.38 bits per heavy atom. The van der Waals surface area contributed by atoms with Gasteiger partial charge in [0.2, 0.25) is 0 Å². The zero-order valence-electron chi connectivity index (χ0n) is 9.02. The maximum atomic E-state index is 10.3. The number of piperidine rings is 1. The van der Waals surface area contributed by atoms with Gasteiger partial charge in [0, 0.05) is 18.1 Å². The van der Waals surface area contributed by atoms with Crippen molar-refractivity contribution in [2.45, 2.75) is 23.5 Å². The van der Waals surface area contributed by atoms with Gasteiger partial charge in [-0.3, -0.25) is 0 Å². The molecule has 2 rings (SSSR count). The summed E-state index contributed by atoms with van der Waals surface area (Å²) in [5, 5.41) is 14.2. The minimum Gasteiger partial charge on any atom is -0.389 e. The average Bonchev–Trinajstić information content (AvgIpc) is 2.29. The molecule has 0 aromatic carbocycles. The second-order valence-electron chi connectivity index (χ2n) is 4.01. The Kier molecular flexibility index (Phi) is 3.63. The lowest BCUT2D eigenvalue weighted by molar-refractivity contribution is 0.0339. The molecule has 16 heavy (non-hydrogen) atoms. The average molecular weight is 240 g/mol. The molecule has 0 bridgehead atoms. The molecule has 0 amide bonds. The van der Waals surface area contributed by atoms with Crippen molar-refractivity contribution in [1.29, 1.82) is 0 Å². The molecule has 0 saturated carbocycles. The summed E-state index contributed by atoms with van der Waals surface area (Å²) in [5.74, 6) is 1.06. The highest BCUT2D eigenvalue weighted by molar-refractivity contribution is 7.99. The summed E-state index contributed by atoms with van der Waals surface area (Å²) in [5.41, 5.74) is 5.09. The van der Waals surface area contributed by atoms with E-state index in [2.05, 4.69) is 15.3 Å². The fourth-order valence-electron chi connectivity index (χ4n) is 1.69. The minimum atomic E-state index is -0.597. The van der Waals surface area contributed by atoms with E-state index >= 15 is 0 Å². The maximum Gasteiger partial charge on any atom is 0.156 e. The molecule has 88 valence electrons. The van der Waals surface area contributed by atoms with Gasteiger partial charge in [0.15, 0.2) is 5.82 Å². The molecule has 1 aromatic heterocycles. The molecule has 4 N–H and O–H groups in total. The summed E-state index contributed by atoms with van der Waals surface area (Å²) in [6.45, 7) is 1.74. The number of anilines is 1. The Labute approximate surface area is 98.9 Å². The van der Waals surface area contributed by atoms with Crippen LogP contribution in [0.25, 0.3) is 0 Å². The molecular weight excluding hydrogens is 224 g/mol. The van der Waals surface area contributed by atoms with Crippen molar-refractivity contribution >= 4 is 17.6 Å². The topological polar surface area (TPSA) is 84.1 Å². The summed E-state index contributed by atoms with van der Waals surface area (Å²) < 4.78 is 0. The molecule has 0 atom stereocenters. The van der Waals surface area contributed by atoms with Crippen molar-refractivity contribution in [2.75, 3.05) is 24.6 Å². The number of aliphatic hydroxyl groups is 1. The molecule has 6 heteroatoms. The smallest absolute Gasteiger partial charge is 0.156 e. The van der Waals surface area contributed by atoms with E-state index < -0.39 is 5.60 Å². The van der Waals surface area contributed by atoms with Crippen LogP contribution >= 0.6 is 11.8 Å². The van der Waals surface area contributed by atoms with Crippen LogP contribution in [0, 0.1) is 0 Å². The minimum absolute atomic E-state index is 0.435. The molecular formula is C10H16N4OS. The van der Waals surface area contributed by atoms with Crippen LogP contribution in [0.3, 0.4) is 0 Å². The molecule has 1 aromatic rings. The van der Waals surface area contributed by atoms with Crippen molar-refractivity contribution in [3.05, 3.63) is 12.4 Å². The third-order valence-corrected chi connectivity index (χ3v) is 3.97. The van der Waals surface area contributed by atoms with Gasteiger partial charge in [-0.05, 0) is 25.9 Å². The van der Waals surface area contributed by atoms with Gasteiger partial charge in [0.05, 0.1) is 5.60 Å². The lowest BCUT2D eigenvalue weighted by Gasteiger charge is -2.32. The summed E-state index contributed by atoms with van der Waals surface area (Å²) in [7, 11) is 0. The number of nitrogens with one attached hydrogen (secondary N) is 1. The van der Waals surface area contributed by atoms with Crippen LogP contribution in [0.4, 0.5) is 5.82 Å². The van der Waals surface area contributed by atoms with Crippen molar-refractivity contribution in [3.8, 4) is 0 Å². The number of thioether (sulfide) groups is 1. The molecule has 1 fully saturated rings. The number of hydrogen-bond acceptors (Lipinski definition) is 6. The second kappa shape index (κ2) is 4.99. The number of nitrogens with two attached hydrogens (primary N) is 1. The van der Waals surface area contributed by atoms with Crippen molar-refractivity contribution < 1.29 is 5.11 Å². The van der Waals surface area contributed by atoms with Gasteiger partial charge in [0.25, 0.3) is 0 Å². The summed E-state index contributed by atoms with van der Waals surface area (Å²) >= 11 is 1.48. The second-order valence-corrected chi connectivity index (χ2v) is 4.97. The highest BCUT2D eigenvalue weighted by atomic mass is 32.2. The Bertz CT molecular complexity index is 354. The zero-order valence-corrected chi connectivity index (χ0v) is 9.83. The highest BCUT2D eigenvalue weighted by Crippen LogP contribution is 2.28. The first kappa shape index (κ1) is 11.6. The molecule has 1 aliphatic heterocycles. The number of hydrogen-bond donors (Lipinski definition) is 3. The Hall–Kier alpha value is -0.850. The van der Waals surface area contributed by atoms with E-state index in [1.54, 1.807) is 12.4 Å². The van der Waals surface area contributed by atoms with Crippen LogP contribution in [0.5, 0.6) is 0 Å². The molecule has 0 radical (unpaired) electrons. The first-order chi connectivity index (χ1) is 7.70. The highest BCUT2D eigenvalue weighted by Gasteiger charge is 2.29. The monoisotopic (exact) mass is 240 g/mol. The molecule has 1 saturated heterocycles. The normalized spacial score (nSPS) is 19.6. The van der Waals surface area contributed by atoms with E-state index in [-0.39, 0.29) is 0 Å². The fourth-order valence-corrected chi connectivity index (χ4v) is 2.72. The van der Waals surface area contributed by atoms with E-state index in [1.807, 2.05) is 0 Å². The van der Waals surface area contributed by atoms with Crippen LogP contribution in [-0.4, -0.2) is 39.5 Å². The van der Waals surface area contributed by atoms with Gasteiger partial charge in [-0.25, -0.2) is 9.97 Å². The number of nitrogens with zero attached hydrogens (tertiary/aromatic N) is 2. The first-order valence-electron chi connectivity index (χ1n) is 5.32. The third-order valence-electron chi connectivity index (χ3n) is 2.70. The maximum absolute atomic E-state index is 10.3. The lowest BCUT2D eigenvalue weighted by Crippen LogP contribution is -2.43. The van der Waals surface area contributed by atoms with Gasteiger partial charge >= 0.3 is 0 Å². The molecule has 5 nitrogen and oxygen atoms in total. The number of aromatic nitrogens is 2. The van der Waals surface area contributed by atoms with Crippen molar-refractivity contribution in [1.82, 2.24) is 15.3 Å². The third kappa shape index (κ3) is 2.84. The van der Waals surface area contributed by atoms with E-state index in [1.165, 1.54) is 11.8 Å². The van der Waals surface area contributed by atoms with Gasteiger partial charge in [-0.1, -0.05) is 11.8 Å². The zero-order chi connectivity index (χ0) is 11.4. The standard InChI is InChI=1S/C10H16N4OS/c11-8-9(14-6-5-13-8)16-7-10(15)1-3-12-4-2-10/h5-6,12,15H,1-4,7H2,(H2,11,13). The summed E-state index contributed by atoms with van der Waals surface area (Å²) in [4.78, 5) is 8.11. The van der Waals surface area contributed by atoms with Crippen LogP contribution in [0.2, 0.25) is 0 Å². The van der Waals surface area contributed by atoms with E-state index in [0.717, 1.165) is 25.9 Å². The van der Waals surface area contributed by atoms with E-state index in [4.69, 9.17) is 5.73 Å². The molecule has 0 aliphatic carbocycles. The predicted octanol–water partition coefficient (Wildman–Crippen LogP) is 0.265. The quantitative estimate of drug-likeness (QED) is 0.658. The number of rotatable bonds is 3. The number of nitrogen functional groups attached to an aromatic ring is 1. The Balaban J connectivity index is 1.94. The van der Waals surface area contributed by atoms with E-state index in [9.17, 15) is 5.11 Å².